The minimum Gasteiger partial charge on any atom is -0.484 e. The van der Waals surface area contributed by atoms with E-state index in [1.165, 1.54) is 18.9 Å². The van der Waals surface area contributed by atoms with Gasteiger partial charge in [-0.25, -0.2) is 4.39 Å². The molecule has 0 amide bonds. The highest BCUT2D eigenvalue weighted by molar-refractivity contribution is 5.30. The third kappa shape index (κ3) is 2.31. The zero-order valence-corrected chi connectivity index (χ0v) is 9.51. The summed E-state index contributed by atoms with van der Waals surface area (Å²) in [5.41, 5.74) is 0.784. The maximum absolute atomic E-state index is 13.5. The molecule has 1 aromatic rings. The number of rotatable bonds is 3. The molecule has 2 heteroatoms. The standard InChI is InChI=1S/C13H17FO/c1-9-4-7-11(14)12(8-9)15-13(2,3)10-5-6-10/h4,7-8,10H,5-6H2,1-3H3. The predicted molar refractivity (Wildman–Crippen MR) is 58.6 cm³/mol. The lowest BCUT2D eigenvalue weighted by Crippen LogP contribution is -2.31. The number of hydrogen-bond donors (Lipinski definition) is 0. The van der Waals surface area contributed by atoms with E-state index in [-0.39, 0.29) is 11.4 Å². The SMILES string of the molecule is Cc1ccc(F)c(OC(C)(C)C2CC2)c1. The molecule has 1 fully saturated rings. The van der Waals surface area contributed by atoms with Crippen LogP contribution in [0.2, 0.25) is 0 Å². The number of aryl methyl sites for hydroxylation is 1. The van der Waals surface area contributed by atoms with Crippen LogP contribution in [-0.4, -0.2) is 5.60 Å². The summed E-state index contributed by atoms with van der Waals surface area (Å²) in [5, 5.41) is 0. The fourth-order valence-electron chi connectivity index (χ4n) is 1.83. The van der Waals surface area contributed by atoms with Gasteiger partial charge in [-0.2, -0.15) is 0 Å². The van der Waals surface area contributed by atoms with Crippen LogP contribution in [0, 0.1) is 18.7 Å². The molecule has 0 aromatic heterocycles. The molecule has 0 saturated heterocycles. The van der Waals surface area contributed by atoms with Crippen molar-refractivity contribution in [2.24, 2.45) is 5.92 Å². The number of ether oxygens (including phenoxy) is 1. The van der Waals surface area contributed by atoms with Gasteiger partial charge in [0.25, 0.3) is 0 Å². The van der Waals surface area contributed by atoms with Crippen molar-refractivity contribution in [1.82, 2.24) is 0 Å². The Labute approximate surface area is 90.3 Å². The average Bonchev–Trinajstić information content (AvgIpc) is 2.93. The van der Waals surface area contributed by atoms with E-state index in [1.54, 1.807) is 12.1 Å². The molecule has 0 spiro atoms. The first-order chi connectivity index (χ1) is 6.99. The summed E-state index contributed by atoms with van der Waals surface area (Å²) in [6.45, 7) is 6.01. The number of hydrogen-bond acceptors (Lipinski definition) is 1. The van der Waals surface area contributed by atoms with Gasteiger partial charge in [-0.05, 0) is 57.2 Å². The lowest BCUT2D eigenvalue weighted by atomic mass is 10.0. The van der Waals surface area contributed by atoms with Gasteiger partial charge in [0.05, 0.1) is 0 Å². The highest BCUT2D eigenvalue weighted by Gasteiger charge is 2.40. The Hall–Kier alpha value is -1.05. The van der Waals surface area contributed by atoms with Crippen LogP contribution in [0.15, 0.2) is 18.2 Å². The van der Waals surface area contributed by atoms with Crippen LogP contribution in [-0.2, 0) is 0 Å². The van der Waals surface area contributed by atoms with Crippen LogP contribution in [0.5, 0.6) is 5.75 Å². The molecule has 82 valence electrons. The van der Waals surface area contributed by atoms with Crippen LogP contribution >= 0.6 is 0 Å². The number of benzene rings is 1. The summed E-state index contributed by atoms with van der Waals surface area (Å²) in [6, 6.07) is 4.99. The summed E-state index contributed by atoms with van der Waals surface area (Å²) in [7, 11) is 0. The monoisotopic (exact) mass is 208 g/mol. The van der Waals surface area contributed by atoms with Gasteiger partial charge in [-0.1, -0.05) is 6.07 Å². The van der Waals surface area contributed by atoms with Gasteiger partial charge < -0.3 is 4.74 Å². The van der Waals surface area contributed by atoms with Crippen LogP contribution in [0.25, 0.3) is 0 Å². The summed E-state index contributed by atoms with van der Waals surface area (Å²) < 4.78 is 19.2. The molecule has 1 nitrogen and oxygen atoms in total. The molecular weight excluding hydrogens is 191 g/mol. The number of halogens is 1. The van der Waals surface area contributed by atoms with Crippen LogP contribution in [0.1, 0.15) is 32.3 Å². The Morgan fingerprint density at radius 1 is 1.33 bits per heavy atom. The molecule has 0 unspecified atom stereocenters. The summed E-state index contributed by atoms with van der Waals surface area (Å²) >= 11 is 0. The van der Waals surface area contributed by atoms with E-state index < -0.39 is 0 Å². The maximum Gasteiger partial charge on any atom is 0.165 e. The van der Waals surface area contributed by atoms with Gasteiger partial charge in [0.15, 0.2) is 11.6 Å². The second-order valence-electron chi connectivity index (χ2n) is 4.91. The smallest absolute Gasteiger partial charge is 0.165 e. The first-order valence-corrected chi connectivity index (χ1v) is 5.44. The Morgan fingerprint density at radius 2 is 2.00 bits per heavy atom. The molecule has 1 aliphatic rings. The molecule has 1 aromatic carbocycles. The third-order valence-electron chi connectivity index (χ3n) is 3.02. The van der Waals surface area contributed by atoms with Crippen LogP contribution in [0.4, 0.5) is 4.39 Å². The maximum atomic E-state index is 13.5. The van der Waals surface area contributed by atoms with Crippen molar-refractivity contribution in [2.45, 2.75) is 39.2 Å². The summed E-state index contributed by atoms with van der Waals surface area (Å²) in [5.74, 6) is 0.693. The molecule has 0 heterocycles. The minimum atomic E-state index is -0.269. The average molecular weight is 208 g/mol. The predicted octanol–water partition coefficient (Wildman–Crippen LogP) is 3.70. The lowest BCUT2D eigenvalue weighted by molar-refractivity contribution is 0.0800. The third-order valence-corrected chi connectivity index (χ3v) is 3.02. The van der Waals surface area contributed by atoms with E-state index in [2.05, 4.69) is 0 Å². The molecular formula is C13H17FO. The second-order valence-corrected chi connectivity index (χ2v) is 4.91. The molecule has 0 N–H and O–H groups in total. The van der Waals surface area contributed by atoms with Crippen molar-refractivity contribution in [3.63, 3.8) is 0 Å². The molecule has 0 bridgehead atoms. The summed E-state index contributed by atoms with van der Waals surface area (Å²) in [4.78, 5) is 0. The molecule has 0 aliphatic heterocycles. The van der Waals surface area contributed by atoms with Crippen molar-refractivity contribution >= 4 is 0 Å². The quantitative estimate of drug-likeness (QED) is 0.736. The largest absolute Gasteiger partial charge is 0.484 e. The van der Waals surface area contributed by atoms with E-state index in [4.69, 9.17) is 4.74 Å². The molecule has 0 radical (unpaired) electrons. The van der Waals surface area contributed by atoms with Crippen molar-refractivity contribution in [1.29, 1.82) is 0 Å². The van der Waals surface area contributed by atoms with E-state index in [0.717, 1.165) is 5.56 Å². The zero-order chi connectivity index (χ0) is 11.1. The van der Waals surface area contributed by atoms with Crippen molar-refractivity contribution in [3.8, 4) is 5.75 Å². The Balaban J connectivity index is 2.19. The fourth-order valence-corrected chi connectivity index (χ4v) is 1.83. The minimum absolute atomic E-state index is 0.241. The normalized spacial score (nSPS) is 16.5. The van der Waals surface area contributed by atoms with Crippen LogP contribution in [0.3, 0.4) is 0 Å². The van der Waals surface area contributed by atoms with Crippen molar-refractivity contribution in [3.05, 3.63) is 29.6 Å². The fraction of sp³-hybridized carbons (Fsp3) is 0.538. The van der Waals surface area contributed by atoms with E-state index in [0.29, 0.717) is 11.7 Å². The Kier molecular flexibility index (Phi) is 2.45. The van der Waals surface area contributed by atoms with Gasteiger partial charge in [-0.3, -0.25) is 0 Å². The van der Waals surface area contributed by atoms with Crippen molar-refractivity contribution < 1.29 is 9.13 Å². The van der Waals surface area contributed by atoms with E-state index >= 15 is 0 Å². The van der Waals surface area contributed by atoms with E-state index in [1.807, 2.05) is 20.8 Å². The highest BCUT2D eigenvalue weighted by Crippen LogP contribution is 2.42. The molecule has 1 saturated carbocycles. The highest BCUT2D eigenvalue weighted by atomic mass is 19.1. The molecule has 1 aliphatic carbocycles. The summed E-state index contributed by atoms with van der Waals surface area (Å²) in [6.07, 6.45) is 2.39. The first-order valence-electron chi connectivity index (χ1n) is 5.44. The molecule has 0 atom stereocenters. The second kappa shape index (κ2) is 3.51. The van der Waals surface area contributed by atoms with Crippen LogP contribution < -0.4 is 4.74 Å². The Morgan fingerprint density at radius 3 is 2.60 bits per heavy atom. The first kappa shape index (κ1) is 10.5. The topological polar surface area (TPSA) is 9.23 Å². The van der Waals surface area contributed by atoms with Gasteiger partial charge in [0, 0.05) is 0 Å². The van der Waals surface area contributed by atoms with Gasteiger partial charge >= 0.3 is 0 Å². The van der Waals surface area contributed by atoms with Gasteiger partial charge in [0.2, 0.25) is 0 Å². The molecule has 15 heavy (non-hydrogen) atoms. The van der Waals surface area contributed by atoms with Gasteiger partial charge in [-0.15, -0.1) is 0 Å². The van der Waals surface area contributed by atoms with Crippen molar-refractivity contribution in [2.75, 3.05) is 0 Å². The Bertz CT molecular complexity index is 367. The van der Waals surface area contributed by atoms with E-state index in [9.17, 15) is 4.39 Å². The molecule has 2 rings (SSSR count). The zero-order valence-electron chi connectivity index (χ0n) is 9.51. The van der Waals surface area contributed by atoms with Gasteiger partial charge in [0.1, 0.15) is 5.60 Å². The lowest BCUT2D eigenvalue weighted by Gasteiger charge is -2.26.